The molecule has 0 atom stereocenters. The number of nitrogens with zero attached hydrogens (tertiary/aromatic N) is 1. The first-order valence-electron chi connectivity index (χ1n) is 4.20. The Morgan fingerprint density at radius 3 is 2.38 bits per heavy atom. The van der Waals surface area contributed by atoms with Crippen molar-refractivity contribution in [2.24, 2.45) is 4.99 Å². The molecule has 0 saturated heterocycles. The summed E-state index contributed by atoms with van der Waals surface area (Å²) in [6, 6.07) is 6.24. The molecule has 0 aliphatic rings. The van der Waals surface area contributed by atoms with Crippen LogP contribution in [-0.2, 0) is 10.1 Å². The zero-order valence-corrected chi connectivity index (χ0v) is 12.8. The largest absolute Gasteiger partial charge is 1.00 e. The van der Waals surface area contributed by atoms with Gasteiger partial charge in [-0.15, -0.1) is 0 Å². The fourth-order valence-electron chi connectivity index (χ4n) is 0.895. The summed E-state index contributed by atoms with van der Waals surface area (Å²) in [4.78, 5) is 3.77. The van der Waals surface area contributed by atoms with Gasteiger partial charge < -0.3 is 9.66 Å². The maximum atomic E-state index is 10.2. The van der Waals surface area contributed by atoms with Crippen LogP contribution in [-0.4, -0.2) is 36.6 Å². The van der Waals surface area contributed by atoms with E-state index >= 15 is 0 Å². The zero-order valence-electron chi connectivity index (χ0n) is 8.83. The van der Waals surface area contributed by atoms with Gasteiger partial charge in [-0.25, -0.2) is 8.42 Å². The van der Waals surface area contributed by atoms with Gasteiger partial charge in [-0.05, 0) is 29.8 Å². The first kappa shape index (κ1) is 16.2. The van der Waals surface area contributed by atoms with Crippen molar-refractivity contribution in [3.8, 4) is 5.75 Å². The Hall–Kier alpha value is 0.236. The van der Waals surface area contributed by atoms with E-state index in [4.69, 9.17) is 5.11 Å². The van der Waals surface area contributed by atoms with E-state index in [-0.39, 0.29) is 63.7 Å². The van der Waals surface area contributed by atoms with Crippen LogP contribution in [0.25, 0.3) is 0 Å². The summed E-state index contributed by atoms with van der Waals surface area (Å²) >= 11 is 0. The molecule has 1 aromatic carbocycles. The number of aliphatic imine (C=N–C) groups is 1. The van der Waals surface area contributed by atoms with Crippen LogP contribution in [0.2, 0.25) is 0 Å². The van der Waals surface area contributed by atoms with E-state index in [2.05, 4.69) is 4.99 Å². The molecule has 0 aliphatic carbocycles. The van der Waals surface area contributed by atoms with Crippen LogP contribution >= 0.6 is 0 Å². The van der Waals surface area contributed by atoms with Crippen LogP contribution in [0.1, 0.15) is 5.56 Å². The molecule has 0 unspecified atom stereocenters. The molecule has 82 valence electrons. The molecule has 16 heavy (non-hydrogen) atoms. The van der Waals surface area contributed by atoms with E-state index in [1.807, 2.05) is 0 Å². The average molecular weight is 267 g/mol. The van der Waals surface area contributed by atoms with Gasteiger partial charge in [-0.1, -0.05) is 0 Å². The Kier molecular flexibility index (Phi) is 7.65. The maximum absolute atomic E-state index is 10.2. The van der Waals surface area contributed by atoms with E-state index < -0.39 is 15.9 Å². The van der Waals surface area contributed by atoms with Crippen LogP contribution in [0.3, 0.4) is 0 Å². The monoisotopic (exact) mass is 267 g/mol. The van der Waals surface area contributed by atoms with Crippen molar-refractivity contribution in [1.82, 2.24) is 0 Å². The summed E-state index contributed by atoms with van der Waals surface area (Å²) in [5.74, 6) is -0.351. The number of aromatic hydroxyl groups is 1. The standard InChI is InChI=1S/C9H11NO4S.K/c11-9-3-1-8(2-4-9)7-10-5-6-15(12,13)14;/h1-4,7,11H,5-6H2,(H,12,13,14);/q;+1/p-1. The fourth-order valence-corrected chi connectivity index (χ4v) is 1.22. The summed E-state index contributed by atoms with van der Waals surface area (Å²) < 4.78 is 30.7. The molecule has 0 spiro atoms. The molecule has 0 aromatic heterocycles. The Bertz CT molecular complexity index is 441. The topological polar surface area (TPSA) is 89.8 Å². The molecule has 0 bridgehead atoms. The first-order valence-corrected chi connectivity index (χ1v) is 5.77. The van der Waals surface area contributed by atoms with Gasteiger partial charge in [-0.2, -0.15) is 0 Å². The molecular weight excluding hydrogens is 257 g/mol. The first-order chi connectivity index (χ1) is 6.97. The number of rotatable bonds is 4. The van der Waals surface area contributed by atoms with Gasteiger partial charge >= 0.3 is 51.4 Å². The van der Waals surface area contributed by atoms with Gasteiger partial charge in [0.25, 0.3) is 0 Å². The van der Waals surface area contributed by atoms with E-state index in [1.165, 1.54) is 18.3 Å². The molecule has 0 fully saturated rings. The van der Waals surface area contributed by atoms with Crippen LogP contribution in [0.15, 0.2) is 29.3 Å². The number of benzene rings is 1. The molecule has 0 amide bonds. The molecule has 0 aliphatic heterocycles. The third-order valence-corrected chi connectivity index (χ3v) is 2.29. The second kappa shape index (κ2) is 7.54. The molecule has 0 saturated carbocycles. The third-order valence-electron chi connectivity index (χ3n) is 1.60. The van der Waals surface area contributed by atoms with E-state index in [9.17, 15) is 13.0 Å². The molecule has 0 heterocycles. The summed E-state index contributed by atoms with van der Waals surface area (Å²) in [6.07, 6.45) is 1.45. The summed E-state index contributed by atoms with van der Waals surface area (Å²) in [6.45, 7) is -0.0489. The van der Waals surface area contributed by atoms with Crippen LogP contribution in [0.4, 0.5) is 0 Å². The Morgan fingerprint density at radius 2 is 1.88 bits per heavy atom. The summed E-state index contributed by atoms with van der Waals surface area (Å²) in [5.41, 5.74) is 0.732. The van der Waals surface area contributed by atoms with E-state index in [0.717, 1.165) is 5.56 Å². The number of phenols is 1. The minimum absolute atomic E-state index is 0. The van der Waals surface area contributed by atoms with Crippen LogP contribution < -0.4 is 51.4 Å². The zero-order chi connectivity index (χ0) is 11.3. The SMILES string of the molecule is O=S(=O)([O-])CCN=Cc1ccc(O)cc1.[K+]. The quantitative estimate of drug-likeness (QED) is 0.367. The Morgan fingerprint density at radius 1 is 1.31 bits per heavy atom. The molecule has 1 N–H and O–H groups in total. The molecule has 1 aromatic rings. The number of hydrogen-bond acceptors (Lipinski definition) is 5. The van der Waals surface area contributed by atoms with Crippen molar-refractivity contribution in [3.05, 3.63) is 29.8 Å². The minimum atomic E-state index is -4.19. The van der Waals surface area contributed by atoms with Crippen molar-refractivity contribution < 1.29 is 69.5 Å². The van der Waals surface area contributed by atoms with Crippen LogP contribution in [0.5, 0.6) is 5.75 Å². The number of hydrogen-bond donors (Lipinski definition) is 1. The van der Waals surface area contributed by atoms with E-state index in [0.29, 0.717) is 0 Å². The third kappa shape index (κ3) is 7.50. The van der Waals surface area contributed by atoms with Gasteiger partial charge in [-0.3, -0.25) is 4.99 Å². The second-order valence-electron chi connectivity index (χ2n) is 2.89. The molecule has 1 rings (SSSR count). The Labute approximate surface area is 137 Å². The minimum Gasteiger partial charge on any atom is -0.748 e. The van der Waals surface area contributed by atoms with Crippen molar-refractivity contribution in [3.63, 3.8) is 0 Å². The Balaban J connectivity index is 0.00000225. The molecule has 7 heteroatoms. The van der Waals surface area contributed by atoms with Gasteiger partial charge in [0.1, 0.15) is 5.75 Å². The summed E-state index contributed by atoms with van der Waals surface area (Å²) in [7, 11) is -4.19. The second-order valence-corrected chi connectivity index (χ2v) is 4.41. The van der Waals surface area contributed by atoms with Crippen molar-refractivity contribution in [2.75, 3.05) is 12.3 Å². The van der Waals surface area contributed by atoms with Gasteiger partial charge in [0.2, 0.25) is 0 Å². The van der Waals surface area contributed by atoms with Crippen LogP contribution in [0, 0.1) is 0 Å². The number of phenolic OH excluding ortho intramolecular Hbond substituents is 1. The van der Waals surface area contributed by atoms with Gasteiger partial charge in [0, 0.05) is 6.21 Å². The predicted octanol–water partition coefficient (Wildman–Crippen LogP) is -2.64. The van der Waals surface area contributed by atoms with Gasteiger partial charge in [0.05, 0.1) is 22.4 Å². The van der Waals surface area contributed by atoms with Gasteiger partial charge in [0.15, 0.2) is 0 Å². The molecule has 0 radical (unpaired) electrons. The average Bonchev–Trinajstić information content (AvgIpc) is 2.14. The fraction of sp³-hybridized carbons (Fsp3) is 0.222. The van der Waals surface area contributed by atoms with Crippen molar-refractivity contribution in [1.29, 1.82) is 0 Å². The normalized spacial score (nSPS) is 11.3. The molecular formula is C9H10KNO4S. The smallest absolute Gasteiger partial charge is 0.748 e. The van der Waals surface area contributed by atoms with Crippen molar-refractivity contribution in [2.45, 2.75) is 0 Å². The van der Waals surface area contributed by atoms with E-state index in [1.54, 1.807) is 12.1 Å². The van der Waals surface area contributed by atoms with Crippen molar-refractivity contribution >= 4 is 16.3 Å². The summed E-state index contributed by atoms with van der Waals surface area (Å²) in [5, 5.41) is 8.97. The molecule has 5 nitrogen and oxygen atoms in total. The maximum Gasteiger partial charge on any atom is 1.00 e. The predicted molar refractivity (Wildman–Crippen MR) is 55.1 cm³/mol.